The van der Waals surface area contributed by atoms with E-state index in [1.807, 2.05) is 0 Å². The molecule has 1 heterocycles. The van der Waals surface area contributed by atoms with Crippen LogP contribution in [0.4, 0.5) is 5.69 Å². The SMILES string of the molecule is CCC1CNC(Cc2ccccc2)CN1c1ccccc1. The Bertz CT molecular complexity index is 538. The van der Waals surface area contributed by atoms with Gasteiger partial charge in [-0.1, -0.05) is 55.5 Å². The first-order chi connectivity index (χ1) is 10.4. The third kappa shape index (κ3) is 3.45. The van der Waals surface area contributed by atoms with Crippen molar-refractivity contribution in [3.63, 3.8) is 0 Å². The summed E-state index contributed by atoms with van der Waals surface area (Å²) < 4.78 is 0. The molecule has 0 radical (unpaired) electrons. The molecule has 1 aliphatic heterocycles. The first-order valence-electron chi connectivity index (χ1n) is 7.96. The molecule has 1 aliphatic rings. The molecule has 3 rings (SSSR count). The van der Waals surface area contributed by atoms with E-state index in [0.29, 0.717) is 12.1 Å². The summed E-state index contributed by atoms with van der Waals surface area (Å²) in [7, 11) is 0. The van der Waals surface area contributed by atoms with E-state index in [4.69, 9.17) is 0 Å². The van der Waals surface area contributed by atoms with E-state index in [1.165, 1.54) is 17.7 Å². The van der Waals surface area contributed by atoms with Gasteiger partial charge in [0.15, 0.2) is 0 Å². The number of anilines is 1. The minimum absolute atomic E-state index is 0.524. The van der Waals surface area contributed by atoms with Gasteiger partial charge in [0, 0.05) is 30.9 Å². The van der Waals surface area contributed by atoms with Crippen molar-refractivity contribution < 1.29 is 0 Å². The standard InChI is InChI=1S/C19H24N2/c1-2-18-14-20-17(13-16-9-5-3-6-10-16)15-21(18)19-11-7-4-8-12-19/h3-12,17-18,20H,2,13-15H2,1H3. The predicted molar refractivity (Wildman–Crippen MR) is 89.8 cm³/mol. The van der Waals surface area contributed by atoms with Gasteiger partial charge in [0.05, 0.1) is 0 Å². The first kappa shape index (κ1) is 14.2. The van der Waals surface area contributed by atoms with Crippen LogP contribution in [0.3, 0.4) is 0 Å². The zero-order valence-electron chi connectivity index (χ0n) is 12.7. The van der Waals surface area contributed by atoms with E-state index in [2.05, 4.69) is 77.8 Å². The summed E-state index contributed by atoms with van der Waals surface area (Å²) in [5, 5.41) is 3.73. The van der Waals surface area contributed by atoms with E-state index < -0.39 is 0 Å². The lowest BCUT2D eigenvalue weighted by Crippen LogP contribution is -2.57. The number of nitrogens with one attached hydrogen (secondary N) is 1. The lowest BCUT2D eigenvalue weighted by Gasteiger charge is -2.42. The highest BCUT2D eigenvalue weighted by molar-refractivity contribution is 5.48. The summed E-state index contributed by atoms with van der Waals surface area (Å²) in [6.45, 7) is 4.43. The van der Waals surface area contributed by atoms with Crippen LogP contribution >= 0.6 is 0 Å². The second-order valence-electron chi connectivity index (χ2n) is 5.84. The normalized spacial score (nSPS) is 22.2. The van der Waals surface area contributed by atoms with Gasteiger partial charge in [0.1, 0.15) is 0 Å². The highest BCUT2D eigenvalue weighted by Gasteiger charge is 2.26. The van der Waals surface area contributed by atoms with Gasteiger partial charge in [0.2, 0.25) is 0 Å². The average molecular weight is 280 g/mol. The van der Waals surface area contributed by atoms with Crippen molar-refractivity contribution in [3.8, 4) is 0 Å². The molecule has 21 heavy (non-hydrogen) atoms. The Morgan fingerprint density at radius 2 is 1.67 bits per heavy atom. The Kier molecular flexibility index (Phi) is 4.56. The van der Waals surface area contributed by atoms with E-state index in [0.717, 1.165) is 19.5 Å². The molecule has 0 aromatic heterocycles. The molecule has 0 amide bonds. The minimum atomic E-state index is 0.524. The summed E-state index contributed by atoms with van der Waals surface area (Å²) in [6.07, 6.45) is 2.28. The third-order valence-corrected chi connectivity index (χ3v) is 4.38. The molecule has 2 atom stereocenters. The van der Waals surface area contributed by atoms with Crippen LogP contribution in [0.2, 0.25) is 0 Å². The number of rotatable bonds is 4. The monoisotopic (exact) mass is 280 g/mol. The average Bonchev–Trinajstić information content (AvgIpc) is 2.56. The predicted octanol–water partition coefficient (Wildman–Crippen LogP) is 3.49. The lowest BCUT2D eigenvalue weighted by atomic mass is 10.00. The molecule has 1 N–H and O–H groups in total. The van der Waals surface area contributed by atoms with E-state index in [-0.39, 0.29) is 0 Å². The molecule has 0 spiro atoms. The van der Waals surface area contributed by atoms with Crippen molar-refractivity contribution >= 4 is 5.69 Å². The Morgan fingerprint density at radius 3 is 2.33 bits per heavy atom. The van der Waals surface area contributed by atoms with Crippen LogP contribution in [0.25, 0.3) is 0 Å². The molecule has 0 bridgehead atoms. The van der Waals surface area contributed by atoms with Gasteiger partial charge in [0.25, 0.3) is 0 Å². The highest BCUT2D eigenvalue weighted by atomic mass is 15.2. The molecule has 110 valence electrons. The second-order valence-corrected chi connectivity index (χ2v) is 5.84. The molecule has 2 heteroatoms. The molecular weight excluding hydrogens is 256 g/mol. The maximum Gasteiger partial charge on any atom is 0.0412 e. The van der Waals surface area contributed by atoms with Gasteiger partial charge in [-0.2, -0.15) is 0 Å². The van der Waals surface area contributed by atoms with Crippen LogP contribution in [0.15, 0.2) is 60.7 Å². The number of para-hydroxylation sites is 1. The van der Waals surface area contributed by atoms with Gasteiger partial charge in [-0.25, -0.2) is 0 Å². The molecule has 1 saturated heterocycles. The van der Waals surface area contributed by atoms with Crippen molar-refractivity contribution in [3.05, 3.63) is 66.2 Å². The van der Waals surface area contributed by atoms with Gasteiger partial charge in [-0.15, -0.1) is 0 Å². The largest absolute Gasteiger partial charge is 0.366 e. The second kappa shape index (κ2) is 6.77. The van der Waals surface area contributed by atoms with Gasteiger partial charge in [-0.3, -0.25) is 0 Å². The number of piperazine rings is 1. The van der Waals surface area contributed by atoms with E-state index in [9.17, 15) is 0 Å². The fourth-order valence-electron chi connectivity index (χ4n) is 3.20. The van der Waals surface area contributed by atoms with Gasteiger partial charge < -0.3 is 10.2 Å². The van der Waals surface area contributed by atoms with Crippen LogP contribution in [-0.4, -0.2) is 25.2 Å². The lowest BCUT2D eigenvalue weighted by molar-refractivity contribution is 0.383. The summed E-state index contributed by atoms with van der Waals surface area (Å²) in [5.74, 6) is 0. The zero-order chi connectivity index (χ0) is 14.5. The van der Waals surface area contributed by atoms with Gasteiger partial charge >= 0.3 is 0 Å². The van der Waals surface area contributed by atoms with E-state index in [1.54, 1.807) is 0 Å². The van der Waals surface area contributed by atoms with Crippen molar-refractivity contribution in [1.29, 1.82) is 0 Å². The van der Waals surface area contributed by atoms with Crippen LogP contribution in [0.1, 0.15) is 18.9 Å². The maximum atomic E-state index is 3.73. The summed E-state index contributed by atoms with van der Waals surface area (Å²) in [6, 6.07) is 22.7. The van der Waals surface area contributed by atoms with Crippen LogP contribution in [0, 0.1) is 0 Å². The molecule has 2 nitrogen and oxygen atoms in total. The van der Waals surface area contributed by atoms with Gasteiger partial charge in [-0.05, 0) is 30.5 Å². The highest BCUT2D eigenvalue weighted by Crippen LogP contribution is 2.22. The number of hydrogen-bond donors (Lipinski definition) is 1. The first-order valence-corrected chi connectivity index (χ1v) is 7.96. The van der Waals surface area contributed by atoms with Crippen LogP contribution < -0.4 is 10.2 Å². The molecular formula is C19H24N2. The Hall–Kier alpha value is -1.80. The third-order valence-electron chi connectivity index (χ3n) is 4.38. The summed E-state index contributed by atoms with van der Waals surface area (Å²) in [4.78, 5) is 2.57. The summed E-state index contributed by atoms with van der Waals surface area (Å²) in [5.41, 5.74) is 2.77. The fourth-order valence-corrected chi connectivity index (χ4v) is 3.20. The molecule has 0 aliphatic carbocycles. The molecule has 2 aromatic rings. The fraction of sp³-hybridized carbons (Fsp3) is 0.368. The van der Waals surface area contributed by atoms with Crippen molar-refractivity contribution in [1.82, 2.24) is 5.32 Å². The Balaban J connectivity index is 1.72. The smallest absolute Gasteiger partial charge is 0.0412 e. The minimum Gasteiger partial charge on any atom is -0.366 e. The quantitative estimate of drug-likeness (QED) is 0.922. The number of nitrogens with zero attached hydrogens (tertiary/aromatic N) is 1. The van der Waals surface area contributed by atoms with Crippen molar-refractivity contribution in [2.75, 3.05) is 18.0 Å². The maximum absolute atomic E-state index is 3.73. The Morgan fingerprint density at radius 1 is 1.00 bits per heavy atom. The number of hydrogen-bond acceptors (Lipinski definition) is 2. The molecule has 2 aromatic carbocycles. The Labute approximate surface area is 127 Å². The van der Waals surface area contributed by atoms with E-state index >= 15 is 0 Å². The van der Waals surface area contributed by atoms with Crippen LogP contribution in [-0.2, 0) is 6.42 Å². The van der Waals surface area contributed by atoms with Crippen LogP contribution in [0.5, 0.6) is 0 Å². The molecule has 1 fully saturated rings. The topological polar surface area (TPSA) is 15.3 Å². The zero-order valence-corrected chi connectivity index (χ0v) is 12.7. The van der Waals surface area contributed by atoms with Crippen molar-refractivity contribution in [2.45, 2.75) is 31.8 Å². The summed E-state index contributed by atoms with van der Waals surface area (Å²) >= 11 is 0. The van der Waals surface area contributed by atoms with Crippen molar-refractivity contribution in [2.24, 2.45) is 0 Å². The number of benzene rings is 2. The molecule has 2 unspecified atom stereocenters. The molecule has 0 saturated carbocycles.